The normalized spacial score (nSPS) is 17.5. The number of carbonyl (C=O) groups excluding carboxylic acids is 1. The number of amides is 1. The summed E-state index contributed by atoms with van der Waals surface area (Å²) in [5, 5.41) is 9.05. The Bertz CT molecular complexity index is 830. The van der Waals surface area contributed by atoms with Gasteiger partial charge in [-0.2, -0.15) is 0 Å². The molecule has 0 bridgehead atoms. The number of nitrogens with zero attached hydrogens (tertiary/aromatic N) is 1. The lowest BCUT2D eigenvalue weighted by Gasteiger charge is -2.14. The van der Waals surface area contributed by atoms with Gasteiger partial charge in [0.1, 0.15) is 12.4 Å². The molecule has 0 spiro atoms. The molecule has 2 rings (SSSR count). The van der Waals surface area contributed by atoms with Gasteiger partial charge in [0.05, 0.1) is 18.1 Å². The number of sulfone groups is 1. The van der Waals surface area contributed by atoms with Crippen molar-refractivity contribution in [2.45, 2.75) is 32.4 Å². The molecule has 1 unspecified atom stereocenters. The molecule has 0 aliphatic carbocycles. The summed E-state index contributed by atoms with van der Waals surface area (Å²) >= 11 is 0. The van der Waals surface area contributed by atoms with E-state index in [0.29, 0.717) is 38.6 Å². The molecule has 0 aromatic heterocycles. The largest absolute Gasteiger partial charge is 0.489 e. The lowest BCUT2D eigenvalue weighted by Crippen LogP contribution is -2.41. The highest BCUT2D eigenvalue weighted by molar-refractivity contribution is 14.0. The van der Waals surface area contributed by atoms with Gasteiger partial charge in [-0.1, -0.05) is 30.9 Å². The number of aliphatic imine (C=N–C) groups is 1. The van der Waals surface area contributed by atoms with Crippen molar-refractivity contribution in [3.8, 4) is 5.75 Å². The van der Waals surface area contributed by atoms with E-state index in [9.17, 15) is 13.2 Å². The molecule has 1 aliphatic rings. The summed E-state index contributed by atoms with van der Waals surface area (Å²) in [5.41, 5.74) is 0.951. The van der Waals surface area contributed by atoms with Crippen LogP contribution in [0.25, 0.3) is 0 Å². The van der Waals surface area contributed by atoms with Crippen LogP contribution in [0.1, 0.15) is 25.3 Å². The molecule has 3 N–H and O–H groups in total. The number of rotatable bonds is 10. The predicted molar refractivity (Wildman–Crippen MR) is 130 cm³/mol. The molecule has 30 heavy (non-hydrogen) atoms. The van der Waals surface area contributed by atoms with Crippen molar-refractivity contribution in [2.75, 3.05) is 31.2 Å². The second-order valence-corrected chi connectivity index (χ2v) is 8.98. The molecule has 1 amide bonds. The molecule has 168 valence electrons. The molecule has 1 saturated heterocycles. The van der Waals surface area contributed by atoms with Crippen molar-refractivity contribution in [2.24, 2.45) is 4.99 Å². The number of guanidine groups is 1. The van der Waals surface area contributed by atoms with Gasteiger partial charge in [-0.05, 0) is 19.4 Å². The van der Waals surface area contributed by atoms with Crippen molar-refractivity contribution >= 4 is 45.7 Å². The Morgan fingerprint density at radius 3 is 2.77 bits per heavy atom. The van der Waals surface area contributed by atoms with Gasteiger partial charge in [-0.25, -0.2) is 13.4 Å². The number of halogens is 1. The zero-order valence-electron chi connectivity index (χ0n) is 17.2. The lowest BCUT2D eigenvalue weighted by molar-refractivity contribution is -0.121. The van der Waals surface area contributed by atoms with Crippen molar-refractivity contribution < 1.29 is 17.9 Å². The van der Waals surface area contributed by atoms with Gasteiger partial charge in [0, 0.05) is 31.1 Å². The van der Waals surface area contributed by atoms with E-state index in [1.54, 1.807) is 6.08 Å². The molecule has 0 saturated carbocycles. The minimum atomic E-state index is -3.00. The summed E-state index contributed by atoms with van der Waals surface area (Å²) in [6.07, 6.45) is 2.41. The fourth-order valence-corrected chi connectivity index (χ4v) is 4.61. The molecular weight excluding hydrogens is 519 g/mol. The lowest BCUT2D eigenvalue weighted by atomic mass is 10.2. The third-order valence-electron chi connectivity index (χ3n) is 4.32. The van der Waals surface area contributed by atoms with Crippen molar-refractivity contribution in [1.29, 1.82) is 0 Å². The van der Waals surface area contributed by atoms with Crippen LogP contribution in [0.3, 0.4) is 0 Å². The van der Waals surface area contributed by atoms with Crippen LogP contribution in [0, 0.1) is 0 Å². The van der Waals surface area contributed by atoms with E-state index in [4.69, 9.17) is 4.74 Å². The summed E-state index contributed by atoms with van der Waals surface area (Å²) in [4.78, 5) is 16.6. The van der Waals surface area contributed by atoms with Crippen LogP contribution in [-0.4, -0.2) is 57.5 Å². The predicted octanol–water partition coefficient (Wildman–Crippen LogP) is 1.62. The number of para-hydroxylation sites is 1. The molecule has 1 heterocycles. The number of hydrogen-bond acceptors (Lipinski definition) is 5. The molecule has 8 nitrogen and oxygen atoms in total. The van der Waals surface area contributed by atoms with Crippen LogP contribution < -0.4 is 20.7 Å². The van der Waals surface area contributed by atoms with Gasteiger partial charge >= 0.3 is 0 Å². The average molecular weight is 550 g/mol. The summed E-state index contributed by atoms with van der Waals surface area (Å²) in [5.74, 6) is 1.37. The first-order valence-corrected chi connectivity index (χ1v) is 11.6. The SMILES string of the molecule is C=CCOc1ccccc1CN=C(NCC)NCCC(=O)NC1CCS(=O)(=O)C1.I. The maximum Gasteiger partial charge on any atom is 0.222 e. The fraction of sp³-hybridized carbons (Fsp3) is 0.500. The maximum atomic E-state index is 12.0. The van der Waals surface area contributed by atoms with Crippen LogP contribution in [0.5, 0.6) is 5.75 Å². The minimum Gasteiger partial charge on any atom is -0.489 e. The highest BCUT2D eigenvalue weighted by Crippen LogP contribution is 2.18. The number of benzene rings is 1. The van der Waals surface area contributed by atoms with Crippen molar-refractivity contribution in [3.05, 3.63) is 42.5 Å². The van der Waals surface area contributed by atoms with Gasteiger partial charge in [0.25, 0.3) is 0 Å². The van der Waals surface area contributed by atoms with Gasteiger partial charge in [-0.3, -0.25) is 4.79 Å². The molecule has 1 fully saturated rings. The first-order chi connectivity index (χ1) is 13.9. The van der Waals surface area contributed by atoms with E-state index in [0.717, 1.165) is 11.3 Å². The van der Waals surface area contributed by atoms with Crippen LogP contribution in [0.4, 0.5) is 0 Å². The molecule has 10 heteroatoms. The van der Waals surface area contributed by atoms with Crippen molar-refractivity contribution in [1.82, 2.24) is 16.0 Å². The van der Waals surface area contributed by atoms with E-state index < -0.39 is 9.84 Å². The Hall–Kier alpha value is -1.82. The first-order valence-electron chi connectivity index (χ1n) is 9.77. The van der Waals surface area contributed by atoms with E-state index in [2.05, 4.69) is 27.5 Å². The standard InChI is InChI=1S/C20H30N4O4S.HI/c1-3-12-28-18-8-6-5-7-16(18)14-23-20(21-4-2)22-11-9-19(25)24-17-10-13-29(26,27)15-17;/h3,5-8,17H,1,4,9-15H2,2H3,(H,24,25)(H2,21,22,23);1H. The van der Waals surface area contributed by atoms with Gasteiger partial charge in [-0.15, -0.1) is 24.0 Å². The Labute approximate surface area is 195 Å². The molecule has 1 aliphatic heterocycles. The second-order valence-electron chi connectivity index (χ2n) is 6.75. The van der Waals surface area contributed by atoms with Crippen molar-refractivity contribution in [3.63, 3.8) is 0 Å². The number of ether oxygens (including phenoxy) is 1. The summed E-state index contributed by atoms with van der Waals surface area (Å²) in [6, 6.07) is 7.40. The van der Waals surface area contributed by atoms with Crippen LogP contribution in [0.15, 0.2) is 41.9 Å². The quantitative estimate of drug-likeness (QED) is 0.177. The molecular formula is C20H31IN4O4S. The Morgan fingerprint density at radius 2 is 2.10 bits per heavy atom. The number of carbonyl (C=O) groups is 1. The smallest absolute Gasteiger partial charge is 0.222 e. The molecule has 1 aromatic carbocycles. The maximum absolute atomic E-state index is 12.0. The number of hydrogen-bond donors (Lipinski definition) is 3. The Balaban J connectivity index is 0.00000450. The zero-order chi connectivity index (χ0) is 21.1. The van der Waals surface area contributed by atoms with Gasteiger partial charge in [0.2, 0.25) is 5.91 Å². The van der Waals surface area contributed by atoms with E-state index in [-0.39, 0.29) is 53.9 Å². The molecule has 1 atom stereocenters. The molecule has 0 radical (unpaired) electrons. The topological polar surface area (TPSA) is 109 Å². The summed E-state index contributed by atoms with van der Waals surface area (Å²) in [6.45, 7) is 7.55. The minimum absolute atomic E-state index is 0. The molecule has 1 aromatic rings. The van der Waals surface area contributed by atoms with Gasteiger partial charge < -0.3 is 20.7 Å². The van der Waals surface area contributed by atoms with E-state index >= 15 is 0 Å². The first kappa shape index (κ1) is 26.2. The summed E-state index contributed by atoms with van der Waals surface area (Å²) < 4.78 is 28.6. The average Bonchev–Trinajstić information content (AvgIpc) is 3.03. The number of nitrogens with one attached hydrogen (secondary N) is 3. The zero-order valence-corrected chi connectivity index (χ0v) is 20.4. The Morgan fingerprint density at radius 1 is 1.33 bits per heavy atom. The highest BCUT2D eigenvalue weighted by Gasteiger charge is 2.28. The fourth-order valence-electron chi connectivity index (χ4n) is 2.93. The van der Waals surface area contributed by atoms with Crippen LogP contribution in [-0.2, 0) is 21.2 Å². The summed E-state index contributed by atoms with van der Waals surface area (Å²) in [7, 11) is -3.00. The second kappa shape index (κ2) is 13.5. The van der Waals surface area contributed by atoms with Crippen LogP contribution >= 0.6 is 24.0 Å². The third-order valence-corrected chi connectivity index (χ3v) is 6.09. The third kappa shape index (κ3) is 9.33. The van der Waals surface area contributed by atoms with Gasteiger partial charge in [0.15, 0.2) is 15.8 Å². The van der Waals surface area contributed by atoms with Crippen LogP contribution in [0.2, 0.25) is 0 Å². The van der Waals surface area contributed by atoms with E-state index in [1.807, 2.05) is 31.2 Å². The highest BCUT2D eigenvalue weighted by atomic mass is 127. The Kier molecular flexibility index (Phi) is 11.8. The van der Waals surface area contributed by atoms with E-state index in [1.165, 1.54) is 0 Å². The monoisotopic (exact) mass is 550 g/mol.